The summed E-state index contributed by atoms with van der Waals surface area (Å²) in [5.74, 6) is 0.772. The number of benzene rings is 1. The molecule has 0 aliphatic carbocycles. The van der Waals surface area contributed by atoms with E-state index in [-0.39, 0.29) is 12.1 Å². The highest BCUT2D eigenvalue weighted by molar-refractivity contribution is 6.30. The van der Waals surface area contributed by atoms with Crippen molar-refractivity contribution in [1.29, 1.82) is 0 Å². The molecular weight excluding hydrogens is 276 g/mol. The summed E-state index contributed by atoms with van der Waals surface area (Å²) in [6, 6.07) is 5.92. The number of rotatable bonds is 3. The third-order valence-corrected chi connectivity index (χ3v) is 4.60. The van der Waals surface area contributed by atoms with Crippen molar-refractivity contribution in [3.63, 3.8) is 0 Å². The average Bonchev–Trinajstić information content (AvgIpc) is 2.93. The predicted molar refractivity (Wildman–Crippen MR) is 79.3 cm³/mol. The van der Waals surface area contributed by atoms with Gasteiger partial charge in [0.25, 0.3) is 0 Å². The Morgan fingerprint density at radius 3 is 3.15 bits per heavy atom. The molecule has 0 bridgehead atoms. The van der Waals surface area contributed by atoms with Crippen LogP contribution in [0.3, 0.4) is 0 Å². The Hall–Kier alpha value is -0.810. The van der Waals surface area contributed by atoms with Crippen LogP contribution >= 0.6 is 11.6 Å². The zero-order valence-electron chi connectivity index (χ0n) is 11.7. The monoisotopic (exact) mass is 296 g/mol. The molecule has 3 rings (SSSR count). The molecule has 3 unspecified atom stereocenters. The number of morpholine rings is 1. The minimum atomic E-state index is -0.217. The first-order chi connectivity index (χ1) is 9.69. The second kappa shape index (κ2) is 5.90. The van der Waals surface area contributed by atoms with E-state index < -0.39 is 0 Å². The average molecular weight is 297 g/mol. The van der Waals surface area contributed by atoms with Gasteiger partial charge in [-0.1, -0.05) is 11.6 Å². The zero-order chi connectivity index (χ0) is 14.1. The lowest BCUT2D eigenvalue weighted by molar-refractivity contribution is -0.0599. The molecule has 0 saturated carbocycles. The first kappa shape index (κ1) is 14.1. The van der Waals surface area contributed by atoms with Gasteiger partial charge in [-0.2, -0.15) is 0 Å². The van der Waals surface area contributed by atoms with Gasteiger partial charge in [0.15, 0.2) is 0 Å². The van der Waals surface area contributed by atoms with Crippen molar-refractivity contribution in [2.45, 2.75) is 31.0 Å². The Kier molecular flexibility index (Phi) is 4.17. The van der Waals surface area contributed by atoms with Crippen molar-refractivity contribution in [3.05, 3.63) is 28.8 Å². The highest BCUT2D eigenvalue weighted by atomic mass is 35.5. The molecule has 2 aliphatic heterocycles. The summed E-state index contributed by atoms with van der Waals surface area (Å²) in [6.45, 7) is 2.83. The van der Waals surface area contributed by atoms with Crippen LogP contribution in [0.5, 0.6) is 5.75 Å². The van der Waals surface area contributed by atoms with Crippen LogP contribution in [-0.2, 0) is 4.74 Å². The summed E-state index contributed by atoms with van der Waals surface area (Å²) in [6.07, 6.45) is 2.50. The van der Waals surface area contributed by atoms with Crippen LogP contribution in [0.4, 0.5) is 0 Å². The van der Waals surface area contributed by atoms with Gasteiger partial charge >= 0.3 is 0 Å². The second-order valence-electron chi connectivity index (χ2n) is 5.57. The van der Waals surface area contributed by atoms with E-state index in [1.807, 2.05) is 18.2 Å². The standard InChI is InChI=1S/C15H21ClN2O2/c1-19-13-5-4-10(16)7-12(13)15(17)14-8-18-6-2-3-11(18)9-20-14/h4-5,7,11,14-15H,2-3,6,8-9,17H2,1H3. The Morgan fingerprint density at radius 1 is 1.50 bits per heavy atom. The lowest BCUT2D eigenvalue weighted by Crippen LogP contribution is -2.49. The lowest BCUT2D eigenvalue weighted by Gasteiger charge is -2.38. The van der Waals surface area contributed by atoms with Gasteiger partial charge in [0.05, 0.1) is 25.9 Å². The summed E-state index contributed by atoms with van der Waals surface area (Å²) >= 11 is 6.08. The van der Waals surface area contributed by atoms with Crippen LogP contribution in [0.15, 0.2) is 18.2 Å². The molecule has 1 aromatic rings. The molecule has 1 aromatic carbocycles. The maximum Gasteiger partial charge on any atom is 0.123 e. The number of fused-ring (bicyclic) bond motifs is 1. The Balaban J connectivity index is 1.78. The first-order valence-electron chi connectivity index (χ1n) is 7.13. The normalized spacial score (nSPS) is 28.1. The van der Waals surface area contributed by atoms with E-state index in [9.17, 15) is 0 Å². The molecule has 2 aliphatic rings. The number of hydrogen-bond donors (Lipinski definition) is 1. The van der Waals surface area contributed by atoms with Crippen LogP contribution in [-0.4, -0.2) is 43.9 Å². The van der Waals surface area contributed by atoms with Gasteiger partial charge in [-0.05, 0) is 37.6 Å². The maximum atomic E-state index is 6.41. The molecule has 2 saturated heterocycles. The van der Waals surface area contributed by atoms with Gasteiger partial charge in [-0.3, -0.25) is 4.90 Å². The van der Waals surface area contributed by atoms with Crippen LogP contribution in [0.1, 0.15) is 24.4 Å². The Morgan fingerprint density at radius 2 is 2.35 bits per heavy atom. The Bertz CT molecular complexity index is 483. The Labute approximate surface area is 124 Å². The fraction of sp³-hybridized carbons (Fsp3) is 0.600. The van der Waals surface area contributed by atoms with Gasteiger partial charge in [-0.15, -0.1) is 0 Å². The molecule has 2 heterocycles. The molecule has 2 N–H and O–H groups in total. The topological polar surface area (TPSA) is 47.7 Å². The van der Waals surface area contributed by atoms with E-state index in [1.54, 1.807) is 7.11 Å². The number of nitrogens with two attached hydrogens (primary N) is 1. The quantitative estimate of drug-likeness (QED) is 0.929. The van der Waals surface area contributed by atoms with E-state index in [0.29, 0.717) is 11.1 Å². The molecular formula is C15H21ClN2O2. The van der Waals surface area contributed by atoms with Gasteiger partial charge in [0.1, 0.15) is 5.75 Å². The highest BCUT2D eigenvalue weighted by Gasteiger charge is 2.35. The van der Waals surface area contributed by atoms with Gasteiger partial charge in [0.2, 0.25) is 0 Å². The van der Waals surface area contributed by atoms with E-state index in [1.165, 1.54) is 12.8 Å². The molecule has 0 spiro atoms. The van der Waals surface area contributed by atoms with E-state index in [4.69, 9.17) is 26.8 Å². The number of hydrogen-bond acceptors (Lipinski definition) is 4. The highest BCUT2D eigenvalue weighted by Crippen LogP contribution is 2.33. The summed E-state index contributed by atoms with van der Waals surface area (Å²) < 4.78 is 11.4. The fourth-order valence-electron chi connectivity index (χ4n) is 3.23. The summed E-state index contributed by atoms with van der Waals surface area (Å²) in [7, 11) is 1.65. The first-order valence-corrected chi connectivity index (χ1v) is 7.51. The van der Waals surface area contributed by atoms with Crippen LogP contribution < -0.4 is 10.5 Å². The summed E-state index contributed by atoms with van der Waals surface area (Å²) in [5, 5.41) is 0.672. The van der Waals surface area contributed by atoms with Crippen molar-refractivity contribution in [1.82, 2.24) is 4.90 Å². The maximum absolute atomic E-state index is 6.41. The van der Waals surface area contributed by atoms with Crippen LogP contribution in [0.25, 0.3) is 0 Å². The van der Waals surface area contributed by atoms with Crippen molar-refractivity contribution < 1.29 is 9.47 Å². The van der Waals surface area contributed by atoms with Gasteiger partial charge < -0.3 is 15.2 Å². The fourth-order valence-corrected chi connectivity index (χ4v) is 3.41. The molecule has 3 atom stereocenters. The minimum absolute atomic E-state index is 0.00304. The largest absolute Gasteiger partial charge is 0.496 e. The minimum Gasteiger partial charge on any atom is -0.496 e. The molecule has 5 heteroatoms. The molecule has 4 nitrogen and oxygen atoms in total. The van der Waals surface area contributed by atoms with E-state index in [2.05, 4.69) is 4.90 Å². The third kappa shape index (κ3) is 2.66. The molecule has 2 fully saturated rings. The SMILES string of the molecule is COc1ccc(Cl)cc1C(N)C1CN2CCCC2CO1. The van der Waals surface area contributed by atoms with Crippen molar-refractivity contribution in [2.24, 2.45) is 5.73 Å². The van der Waals surface area contributed by atoms with Gasteiger partial charge in [-0.25, -0.2) is 0 Å². The molecule has 0 aromatic heterocycles. The summed E-state index contributed by atoms with van der Waals surface area (Å²) in [5.41, 5.74) is 7.33. The second-order valence-corrected chi connectivity index (χ2v) is 6.01. The van der Waals surface area contributed by atoms with E-state index in [0.717, 1.165) is 31.0 Å². The molecule has 0 amide bonds. The number of ether oxygens (including phenoxy) is 2. The van der Waals surface area contributed by atoms with Crippen LogP contribution in [0.2, 0.25) is 5.02 Å². The van der Waals surface area contributed by atoms with Crippen molar-refractivity contribution in [2.75, 3.05) is 26.8 Å². The molecule has 20 heavy (non-hydrogen) atoms. The number of methoxy groups -OCH3 is 1. The van der Waals surface area contributed by atoms with Gasteiger partial charge in [0, 0.05) is 23.2 Å². The van der Waals surface area contributed by atoms with Crippen molar-refractivity contribution >= 4 is 11.6 Å². The third-order valence-electron chi connectivity index (χ3n) is 4.37. The van der Waals surface area contributed by atoms with E-state index >= 15 is 0 Å². The number of nitrogens with zero attached hydrogens (tertiary/aromatic N) is 1. The molecule has 0 radical (unpaired) electrons. The summed E-state index contributed by atoms with van der Waals surface area (Å²) in [4.78, 5) is 2.49. The lowest BCUT2D eigenvalue weighted by atomic mass is 9.99. The van der Waals surface area contributed by atoms with Crippen molar-refractivity contribution in [3.8, 4) is 5.75 Å². The molecule has 110 valence electrons. The van der Waals surface area contributed by atoms with Crippen LogP contribution in [0, 0.1) is 0 Å². The predicted octanol–water partition coefficient (Wildman–Crippen LogP) is 2.21. The zero-order valence-corrected chi connectivity index (χ0v) is 12.5. The smallest absolute Gasteiger partial charge is 0.123 e. The number of halogens is 1.